The van der Waals surface area contributed by atoms with Crippen molar-refractivity contribution in [2.45, 2.75) is 31.5 Å². The molecule has 0 unspecified atom stereocenters. The highest BCUT2D eigenvalue weighted by Crippen LogP contribution is 2.36. The van der Waals surface area contributed by atoms with Gasteiger partial charge in [-0.25, -0.2) is 9.97 Å². The number of hydrogen-bond acceptors (Lipinski definition) is 7. The minimum Gasteiger partial charge on any atom is -0.394 e. The topological polar surface area (TPSA) is 101 Å². The van der Waals surface area contributed by atoms with E-state index in [1.807, 2.05) is 30.6 Å². The Labute approximate surface area is 141 Å². The number of fused-ring (bicyclic) bond motifs is 1. The van der Waals surface area contributed by atoms with Gasteiger partial charge in [0, 0.05) is 11.6 Å². The second kappa shape index (κ2) is 5.91. The minimum atomic E-state index is -1.14. The molecule has 1 aliphatic heterocycles. The van der Waals surface area contributed by atoms with E-state index >= 15 is 0 Å². The highest BCUT2D eigenvalue weighted by Gasteiger charge is 2.44. The van der Waals surface area contributed by atoms with Gasteiger partial charge in [0.15, 0.2) is 6.23 Å². The first kappa shape index (κ1) is 15.7. The number of hydrogen-bond donors (Lipinski definition) is 3. The van der Waals surface area contributed by atoms with E-state index in [0.29, 0.717) is 5.65 Å². The highest BCUT2D eigenvalue weighted by atomic mass is 32.1. The number of aryl methyl sites for hydroxylation is 1. The standard InChI is InChI=1S/C16H17N3O4S/c1-8-5-19(16-14(22)13(21)9(6-20)23-16)15-11(8)12(17-7-18-15)10-3-2-4-24-10/h2-5,7,9,13-14,16,20-22H,6H2,1H3/t9-,13-,14-,16-/m1/s1. The van der Waals surface area contributed by atoms with Crippen LogP contribution in [0.4, 0.5) is 0 Å². The third-order valence-corrected chi connectivity index (χ3v) is 5.22. The monoisotopic (exact) mass is 347 g/mol. The number of aromatic nitrogens is 3. The average Bonchev–Trinajstić information content (AvgIpc) is 3.29. The predicted molar refractivity (Wildman–Crippen MR) is 88.6 cm³/mol. The Bertz CT molecular complexity index is 864. The second-order valence-corrected chi connectivity index (χ2v) is 6.79. The van der Waals surface area contributed by atoms with Crippen molar-refractivity contribution < 1.29 is 20.1 Å². The molecule has 0 aliphatic carbocycles. The molecule has 0 spiro atoms. The van der Waals surface area contributed by atoms with Crippen molar-refractivity contribution in [1.29, 1.82) is 0 Å². The summed E-state index contributed by atoms with van der Waals surface area (Å²) in [4.78, 5) is 9.79. The predicted octanol–water partition coefficient (Wildman–Crippen LogP) is 1.08. The molecule has 4 atom stereocenters. The molecule has 4 heterocycles. The lowest BCUT2D eigenvalue weighted by molar-refractivity contribution is -0.0509. The quantitative estimate of drug-likeness (QED) is 0.655. The van der Waals surface area contributed by atoms with Crippen LogP contribution in [0.25, 0.3) is 21.6 Å². The molecular formula is C16H17N3O4S. The van der Waals surface area contributed by atoms with Gasteiger partial charge in [0.05, 0.1) is 17.2 Å². The van der Waals surface area contributed by atoms with E-state index in [4.69, 9.17) is 4.74 Å². The molecule has 0 aromatic carbocycles. The molecule has 24 heavy (non-hydrogen) atoms. The van der Waals surface area contributed by atoms with Crippen LogP contribution in [0.3, 0.4) is 0 Å². The molecule has 1 aliphatic rings. The average molecular weight is 347 g/mol. The normalized spacial score (nSPS) is 27.2. The van der Waals surface area contributed by atoms with Crippen LogP contribution in [0.5, 0.6) is 0 Å². The lowest BCUT2D eigenvalue weighted by atomic mass is 10.1. The van der Waals surface area contributed by atoms with Crippen LogP contribution >= 0.6 is 11.3 Å². The van der Waals surface area contributed by atoms with E-state index in [9.17, 15) is 15.3 Å². The number of nitrogens with zero attached hydrogens (tertiary/aromatic N) is 3. The van der Waals surface area contributed by atoms with Crippen molar-refractivity contribution in [2.75, 3.05) is 6.61 Å². The smallest absolute Gasteiger partial charge is 0.164 e. The lowest BCUT2D eigenvalue weighted by Crippen LogP contribution is -2.33. The van der Waals surface area contributed by atoms with Gasteiger partial charge in [0.25, 0.3) is 0 Å². The van der Waals surface area contributed by atoms with Gasteiger partial charge in [-0.15, -0.1) is 11.3 Å². The van der Waals surface area contributed by atoms with Gasteiger partial charge < -0.3 is 24.6 Å². The van der Waals surface area contributed by atoms with Gasteiger partial charge in [-0.2, -0.15) is 0 Å². The number of aliphatic hydroxyl groups is 3. The molecule has 1 fully saturated rings. The molecule has 0 radical (unpaired) electrons. The summed E-state index contributed by atoms with van der Waals surface area (Å²) < 4.78 is 7.33. The van der Waals surface area contributed by atoms with Crippen molar-refractivity contribution >= 4 is 22.4 Å². The Balaban J connectivity index is 1.86. The summed E-state index contributed by atoms with van der Waals surface area (Å²) in [7, 11) is 0. The largest absolute Gasteiger partial charge is 0.394 e. The van der Waals surface area contributed by atoms with Crippen molar-refractivity contribution in [3.63, 3.8) is 0 Å². The number of rotatable bonds is 3. The van der Waals surface area contributed by atoms with Crippen molar-refractivity contribution in [3.8, 4) is 10.6 Å². The van der Waals surface area contributed by atoms with Crippen LogP contribution in [-0.2, 0) is 4.74 Å². The fourth-order valence-electron chi connectivity index (χ4n) is 3.17. The first-order valence-electron chi connectivity index (χ1n) is 7.60. The summed E-state index contributed by atoms with van der Waals surface area (Å²) in [5.41, 5.74) is 2.41. The SMILES string of the molecule is Cc1cn([C@@H]2O[C@H](CO)[C@@H](O)[C@H]2O)c2ncnc(-c3cccs3)c12. The maximum atomic E-state index is 10.3. The molecule has 4 rings (SSSR count). The number of ether oxygens (including phenoxy) is 1. The number of thiophene rings is 1. The zero-order chi connectivity index (χ0) is 16.8. The first-order valence-corrected chi connectivity index (χ1v) is 8.48. The maximum Gasteiger partial charge on any atom is 0.164 e. The second-order valence-electron chi connectivity index (χ2n) is 5.85. The molecule has 1 saturated heterocycles. The van der Waals surface area contributed by atoms with E-state index in [1.54, 1.807) is 15.9 Å². The van der Waals surface area contributed by atoms with Crippen molar-refractivity contribution in [2.24, 2.45) is 0 Å². The molecule has 0 amide bonds. The summed E-state index contributed by atoms with van der Waals surface area (Å²) in [6, 6.07) is 3.96. The van der Waals surface area contributed by atoms with E-state index in [0.717, 1.165) is 21.5 Å². The molecule has 126 valence electrons. The van der Waals surface area contributed by atoms with Crippen molar-refractivity contribution in [1.82, 2.24) is 14.5 Å². The Kier molecular flexibility index (Phi) is 3.86. The fourth-order valence-corrected chi connectivity index (χ4v) is 3.90. The van der Waals surface area contributed by atoms with Gasteiger partial charge in [-0.1, -0.05) is 6.07 Å². The zero-order valence-corrected chi connectivity index (χ0v) is 13.7. The zero-order valence-electron chi connectivity index (χ0n) is 12.9. The van der Waals surface area contributed by atoms with Gasteiger partial charge in [0.1, 0.15) is 30.3 Å². The third kappa shape index (κ3) is 2.27. The van der Waals surface area contributed by atoms with Crippen LogP contribution in [0.1, 0.15) is 11.8 Å². The van der Waals surface area contributed by atoms with Crippen LogP contribution in [0, 0.1) is 6.92 Å². The van der Waals surface area contributed by atoms with Crippen LogP contribution in [0.15, 0.2) is 30.0 Å². The summed E-state index contributed by atoms with van der Waals surface area (Å²) in [5, 5.41) is 32.4. The Morgan fingerprint density at radius 1 is 1.29 bits per heavy atom. The van der Waals surface area contributed by atoms with E-state index in [-0.39, 0.29) is 6.61 Å². The van der Waals surface area contributed by atoms with E-state index in [2.05, 4.69) is 9.97 Å². The van der Waals surface area contributed by atoms with Gasteiger partial charge in [-0.05, 0) is 23.9 Å². The van der Waals surface area contributed by atoms with Gasteiger partial charge in [-0.3, -0.25) is 0 Å². The van der Waals surface area contributed by atoms with Gasteiger partial charge >= 0.3 is 0 Å². The summed E-state index contributed by atoms with van der Waals surface area (Å²) in [6.45, 7) is 1.59. The molecule has 7 nitrogen and oxygen atoms in total. The Morgan fingerprint density at radius 3 is 2.79 bits per heavy atom. The van der Waals surface area contributed by atoms with Crippen LogP contribution in [-0.4, -0.2) is 54.8 Å². The highest BCUT2D eigenvalue weighted by molar-refractivity contribution is 7.13. The third-order valence-electron chi connectivity index (χ3n) is 4.34. The van der Waals surface area contributed by atoms with E-state index in [1.165, 1.54) is 6.33 Å². The molecular weight excluding hydrogens is 330 g/mol. The van der Waals surface area contributed by atoms with Crippen LogP contribution < -0.4 is 0 Å². The lowest BCUT2D eigenvalue weighted by Gasteiger charge is -2.17. The fraction of sp³-hybridized carbons (Fsp3) is 0.375. The molecule has 8 heteroatoms. The van der Waals surface area contributed by atoms with Gasteiger partial charge in [0.2, 0.25) is 0 Å². The Morgan fingerprint density at radius 2 is 2.12 bits per heavy atom. The maximum absolute atomic E-state index is 10.3. The number of aliphatic hydroxyl groups excluding tert-OH is 3. The summed E-state index contributed by atoms with van der Waals surface area (Å²) in [6.07, 6.45) is -0.597. The molecule has 3 N–H and O–H groups in total. The first-order chi connectivity index (χ1) is 11.6. The summed E-state index contributed by atoms with van der Waals surface area (Å²) >= 11 is 1.59. The van der Waals surface area contributed by atoms with Crippen LogP contribution in [0.2, 0.25) is 0 Å². The van der Waals surface area contributed by atoms with E-state index < -0.39 is 24.5 Å². The molecule has 0 saturated carbocycles. The molecule has 0 bridgehead atoms. The molecule has 3 aromatic heterocycles. The Hall–Kier alpha value is -1.84. The summed E-state index contributed by atoms with van der Waals surface area (Å²) in [5.74, 6) is 0. The van der Waals surface area contributed by atoms with Crippen molar-refractivity contribution in [3.05, 3.63) is 35.6 Å². The molecule has 3 aromatic rings. The minimum absolute atomic E-state index is 0.359.